The average Bonchev–Trinajstić information content (AvgIpc) is 3.55. The smallest absolute Gasteiger partial charge is 0.420 e. The van der Waals surface area contributed by atoms with Gasteiger partial charge in [-0.15, -0.1) is 0 Å². The average molecular weight is 1090 g/mol. The van der Waals surface area contributed by atoms with Gasteiger partial charge in [-0.3, -0.25) is 9.59 Å². The first-order valence-electron chi connectivity index (χ1n) is 24.7. The number of carbonyl (C=O) groups excluding carboxylic acids is 2. The fourth-order valence-electron chi connectivity index (χ4n) is 8.57. The zero-order chi connectivity index (χ0) is 56.0. The van der Waals surface area contributed by atoms with Crippen molar-refractivity contribution < 1.29 is 50.2 Å². The molecule has 5 N–H and O–H groups in total. The van der Waals surface area contributed by atoms with E-state index in [-0.39, 0.29) is 51.3 Å². The van der Waals surface area contributed by atoms with E-state index in [0.717, 1.165) is 102 Å². The molecule has 0 aliphatic carbocycles. The van der Waals surface area contributed by atoms with Crippen molar-refractivity contribution in [3.8, 4) is 11.5 Å². The van der Waals surface area contributed by atoms with Gasteiger partial charge in [0.05, 0.1) is 42.0 Å². The number of methoxy groups -OCH3 is 1. The van der Waals surface area contributed by atoms with Crippen LogP contribution in [0.15, 0.2) is 97.8 Å². The lowest BCUT2D eigenvalue weighted by atomic mass is 10.0. The molecule has 0 bridgehead atoms. The molecule has 2 saturated heterocycles. The number of nitrogens with zero attached hydrogens (tertiary/aromatic N) is 11. The molecule has 4 aromatic carbocycles. The molecule has 0 saturated carbocycles. The molecule has 2 aliphatic rings. The number of anilines is 8. The number of phenolic OH excluding ortho intramolecular Hbond substituents is 1. The highest BCUT2D eigenvalue weighted by atomic mass is 19.4. The highest BCUT2D eigenvalue weighted by molar-refractivity contribution is 6.06. The van der Waals surface area contributed by atoms with Crippen molar-refractivity contribution in [1.82, 2.24) is 44.8 Å². The molecule has 2 fully saturated rings. The number of piperazine rings is 1. The van der Waals surface area contributed by atoms with Crippen molar-refractivity contribution in [2.45, 2.75) is 44.7 Å². The van der Waals surface area contributed by atoms with E-state index in [1.807, 2.05) is 11.9 Å². The zero-order valence-electron chi connectivity index (χ0n) is 42.5. The number of amides is 2. The number of alkyl halides is 5. The Labute approximate surface area is 446 Å². The predicted molar refractivity (Wildman–Crippen MR) is 282 cm³/mol. The van der Waals surface area contributed by atoms with Crippen LogP contribution in [-0.2, 0) is 12.1 Å². The molecule has 8 aromatic rings. The van der Waals surface area contributed by atoms with E-state index in [0.29, 0.717) is 34.0 Å². The number of ether oxygens (including phenoxy) is 1. The van der Waals surface area contributed by atoms with Gasteiger partial charge in [0, 0.05) is 68.2 Å². The minimum Gasteiger partial charge on any atom is -0.507 e. The molecule has 0 atom stereocenters. The topological polar surface area (TPSA) is 225 Å². The largest absolute Gasteiger partial charge is 0.507 e. The van der Waals surface area contributed by atoms with Gasteiger partial charge in [-0.25, -0.2) is 57.4 Å². The summed E-state index contributed by atoms with van der Waals surface area (Å²) in [5.41, 5.74) is -0.0716. The van der Waals surface area contributed by atoms with Crippen LogP contribution in [0.4, 0.5) is 77.0 Å². The van der Waals surface area contributed by atoms with Crippen molar-refractivity contribution in [3.63, 3.8) is 0 Å². The Morgan fingerprint density at radius 1 is 0.620 bits per heavy atom. The van der Waals surface area contributed by atoms with E-state index in [4.69, 9.17) is 4.74 Å². The first kappa shape index (κ1) is 54.7. The van der Waals surface area contributed by atoms with E-state index >= 15 is 0 Å². The fourth-order valence-corrected chi connectivity index (χ4v) is 8.57. The van der Waals surface area contributed by atoms with Gasteiger partial charge in [0.25, 0.3) is 17.7 Å². The van der Waals surface area contributed by atoms with Crippen LogP contribution in [0, 0.1) is 11.6 Å². The van der Waals surface area contributed by atoms with E-state index in [9.17, 15) is 45.4 Å². The number of aromatic hydroxyl groups is 1. The molecular formula is C53H50F7N15O4. The second kappa shape index (κ2) is 23.3. The van der Waals surface area contributed by atoms with Crippen LogP contribution in [0.25, 0.3) is 22.1 Å². The van der Waals surface area contributed by atoms with Crippen molar-refractivity contribution >= 4 is 80.2 Å². The molecular weight excluding hydrogens is 1040 g/mol. The van der Waals surface area contributed by atoms with Crippen LogP contribution in [-0.4, -0.2) is 115 Å². The Morgan fingerprint density at radius 2 is 1.11 bits per heavy atom. The highest BCUT2D eigenvalue weighted by Crippen LogP contribution is 2.40. The monoisotopic (exact) mass is 1090 g/mol. The number of likely N-dealkylation sites (N-methyl/N-ethyl adjacent to an activating group) is 1. The first-order chi connectivity index (χ1) is 37.9. The molecule has 2 aliphatic heterocycles. The number of aromatic nitrogens is 8. The SMILES string of the molecule is CCC(F)(F)c1cc(NC(=O)c2ccc(F)c(Nc3ncnc4cnc(N5CCCCC5)nc34)c2)ccc1O.COc1ccc(NC(=O)c2ccc(F)c(Nc3ncnc4cnc(N5CCN(C)CC5)nc34)c2)cc1C(F)(F)F. The Hall–Kier alpha value is -9.07. The van der Waals surface area contributed by atoms with Gasteiger partial charge < -0.3 is 45.8 Å². The number of hydrogen-bond donors (Lipinski definition) is 5. The third-order valence-electron chi connectivity index (χ3n) is 13.0. The summed E-state index contributed by atoms with van der Waals surface area (Å²) in [7, 11) is 3.16. The minimum atomic E-state index is -4.69. The molecule has 0 radical (unpaired) electrons. The lowest BCUT2D eigenvalue weighted by Crippen LogP contribution is -2.45. The van der Waals surface area contributed by atoms with Crippen LogP contribution in [0.3, 0.4) is 0 Å². The summed E-state index contributed by atoms with van der Waals surface area (Å²) in [5, 5.41) is 20.6. The summed E-state index contributed by atoms with van der Waals surface area (Å²) in [6.45, 7) is 6.15. The van der Waals surface area contributed by atoms with Crippen molar-refractivity contribution in [3.05, 3.63) is 132 Å². The Kier molecular flexibility index (Phi) is 16.1. The molecule has 26 heteroatoms. The molecule has 4 aromatic heterocycles. The number of halogens is 7. The zero-order valence-corrected chi connectivity index (χ0v) is 42.5. The van der Waals surface area contributed by atoms with Crippen molar-refractivity contribution in [1.29, 1.82) is 0 Å². The standard InChI is InChI=1S/C27H26F3N7O2.C26H24F4N8O2/c1-2-27(29,30)18-13-17(7-9-22(18)38)34-25(39)16-6-8-19(28)20(12-16)35-24-23-21(32-15-33-24)14-31-26(36-23)37-10-4-3-5-11-37;1-37-7-9-38(10-8-37)25-31-13-20-22(36-25)23(33-14-32-20)35-19-11-15(3-5-18(19)27)24(39)34-16-4-6-21(40-2)17(12-16)26(28,29)30/h6-9,12-15,38H,2-5,10-11H2,1H3,(H,34,39)(H,32,33,35);3-6,11-14H,7-10H2,1-2H3,(H,34,39)(H,32,33,35). The molecule has 0 unspecified atom stereocenters. The lowest BCUT2D eigenvalue weighted by molar-refractivity contribution is -0.138. The molecule has 79 heavy (non-hydrogen) atoms. The lowest BCUT2D eigenvalue weighted by Gasteiger charge is -2.32. The third kappa shape index (κ3) is 12.7. The Bertz CT molecular complexity index is 3550. The second-order valence-corrected chi connectivity index (χ2v) is 18.3. The summed E-state index contributed by atoms with van der Waals surface area (Å²) in [6, 6.07) is 13.8. The maximum atomic E-state index is 14.8. The predicted octanol–water partition coefficient (Wildman–Crippen LogP) is 10.1. The van der Waals surface area contributed by atoms with Crippen LogP contribution in [0.5, 0.6) is 11.5 Å². The number of rotatable bonds is 13. The first-order valence-corrected chi connectivity index (χ1v) is 24.7. The minimum absolute atomic E-state index is 0.000565. The summed E-state index contributed by atoms with van der Waals surface area (Å²) < 4.78 is 103. The van der Waals surface area contributed by atoms with Gasteiger partial charge in [0.1, 0.15) is 57.9 Å². The highest BCUT2D eigenvalue weighted by Gasteiger charge is 2.35. The van der Waals surface area contributed by atoms with Crippen molar-refractivity contribution in [2.24, 2.45) is 0 Å². The molecule has 2 amide bonds. The quantitative estimate of drug-likeness (QED) is 0.0535. The van der Waals surface area contributed by atoms with E-state index in [2.05, 4.69) is 70.9 Å². The number of nitrogens with one attached hydrogen (secondary N) is 4. The molecule has 10 rings (SSSR count). The summed E-state index contributed by atoms with van der Waals surface area (Å²) in [6.07, 6.45) is 3.77. The van der Waals surface area contributed by atoms with Gasteiger partial charge >= 0.3 is 6.18 Å². The number of piperidine rings is 1. The maximum absolute atomic E-state index is 14.8. The van der Waals surface area contributed by atoms with Crippen LogP contribution in [0.1, 0.15) is 64.4 Å². The number of carbonyl (C=O) groups is 2. The third-order valence-corrected chi connectivity index (χ3v) is 13.0. The fraction of sp³-hybridized carbons (Fsp3) is 0.283. The molecule has 410 valence electrons. The van der Waals surface area contributed by atoms with Gasteiger partial charge in [0.2, 0.25) is 11.9 Å². The summed E-state index contributed by atoms with van der Waals surface area (Å²) >= 11 is 0. The van der Waals surface area contributed by atoms with Crippen LogP contribution in [0.2, 0.25) is 0 Å². The summed E-state index contributed by atoms with van der Waals surface area (Å²) in [5.74, 6) is -5.47. The van der Waals surface area contributed by atoms with Gasteiger partial charge in [-0.2, -0.15) is 13.2 Å². The molecule has 0 spiro atoms. The second-order valence-electron chi connectivity index (χ2n) is 18.3. The maximum Gasteiger partial charge on any atom is 0.420 e. The van der Waals surface area contributed by atoms with E-state index in [1.54, 1.807) is 12.4 Å². The van der Waals surface area contributed by atoms with E-state index in [1.165, 1.54) is 56.0 Å². The Morgan fingerprint density at radius 3 is 1.61 bits per heavy atom. The van der Waals surface area contributed by atoms with Gasteiger partial charge in [-0.05, 0) is 99.1 Å². The van der Waals surface area contributed by atoms with Crippen molar-refractivity contribution in [2.75, 3.05) is 84.5 Å². The number of benzene rings is 4. The normalized spacial score (nSPS) is 14.1. The number of hydrogen-bond acceptors (Lipinski definition) is 17. The van der Waals surface area contributed by atoms with Gasteiger partial charge in [-0.1, -0.05) is 6.92 Å². The number of fused-ring (bicyclic) bond motifs is 2. The van der Waals surface area contributed by atoms with Crippen LogP contribution < -0.4 is 35.8 Å². The molecule has 19 nitrogen and oxygen atoms in total. The number of phenols is 1. The summed E-state index contributed by atoms with van der Waals surface area (Å²) in [4.78, 5) is 67.0. The van der Waals surface area contributed by atoms with Crippen LogP contribution >= 0.6 is 0 Å². The Balaban J connectivity index is 0.000000192. The van der Waals surface area contributed by atoms with E-state index < -0.39 is 58.8 Å². The molecule has 6 heterocycles. The van der Waals surface area contributed by atoms with Gasteiger partial charge in [0.15, 0.2) is 11.6 Å².